The minimum absolute atomic E-state index is 0.212. The van der Waals surface area contributed by atoms with Gasteiger partial charge in [0.15, 0.2) is 9.84 Å². The van der Waals surface area contributed by atoms with E-state index in [-0.39, 0.29) is 12.4 Å². The summed E-state index contributed by atoms with van der Waals surface area (Å²) >= 11 is 0. The van der Waals surface area contributed by atoms with Crippen molar-refractivity contribution in [2.24, 2.45) is 0 Å². The van der Waals surface area contributed by atoms with Gasteiger partial charge in [-0.3, -0.25) is 0 Å². The van der Waals surface area contributed by atoms with Crippen molar-refractivity contribution in [3.8, 4) is 0 Å². The number of rotatable bonds is 3. The molecule has 0 amide bonds. The smallest absolute Gasteiger partial charge is 0.180 e. The highest BCUT2D eigenvalue weighted by molar-refractivity contribution is 7.91. The lowest BCUT2D eigenvalue weighted by Gasteiger charge is -2.11. The van der Waals surface area contributed by atoms with Crippen LogP contribution in [0.15, 0.2) is 17.0 Å². The predicted molar refractivity (Wildman–Crippen MR) is 59.8 cm³/mol. The average molecular weight is 228 g/mol. The molecule has 0 fully saturated rings. The van der Waals surface area contributed by atoms with Gasteiger partial charge >= 0.3 is 0 Å². The molecule has 4 heteroatoms. The van der Waals surface area contributed by atoms with Crippen molar-refractivity contribution in [2.75, 3.05) is 12.4 Å². The highest BCUT2D eigenvalue weighted by Gasteiger charge is 2.17. The first kappa shape index (κ1) is 12.2. The van der Waals surface area contributed by atoms with Gasteiger partial charge in [-0.1, -0.05) is 6.07 Å². The standard InChI is InChI=1S/C11H16O3S/c1-8-4-5-11(10(3)9(8)2)15(13,14)7-6-12/h4-5,12H,6-7H2,1-3H3. The Bertz CT molecular complexity index is 461. The molecule has 1 aromatic carbocycles. The minimum atomic E-state index is -3.33. The van der Waals surface area contributed by atoms with Crippen molar-refractivity contribution < 1.29 is 13.5 Å². The molecule has 0 atom stereocenters. The monoisotopic (exact) mass is 228 g/mol. The van der Waals surface area contributed by atoms with Crippen LogP contribution < -0.4 is 0 Å². The summed E-state index contributed by atoms with van der Waals surface area (Å²) in [6.07, 6.45) is 0. The number of sulfone groups is 1. The van der Waals surface area contributed by atoms with E-state index in [9.17, 15) is 8.42 Å². The third kappa shape index (κ3) is 2.38. The fraction of sp³-hybridized carbons (Fsp3) is 0.455. The first-order chi connectivity index (χ1) is 6.90. The molecule has 0 aliphatic rings. The lowest BCUT2D eigenvalue weighted by molar-refractivity contribution is 0.319. The zero-order valence-corrected chi connectivity index (χ0v) is 10.1. The van der Waals surface area contributed by atoms with Gasteiger partial charge in [0.05, 0.1) is 17.3 Å². The van der Waals surface area contributed by atoms with Gasteiger partial charge in [-0.2, -0.15) is 0 Å². The molecule has 0 aliphatic carbocycles. The molecule has 15 heavy (non-hydrogen) atoms. The summed E-state index contributed by atoms with van der Waals surface area (Å²) in [6, 6.07) is 3.41. The maximum atomic E-state index is 11.8. The van der Waals surface area contributed by atoms with Crippen molar-refractivity contribution in [3.63, 3.8) is 0 Å². The molecule has 1 rings (SSSR count). The number of hydrogen-bond acceptors (Lipinski definition) is 3. The van der Waals surface area contributed by atoms with E-state index in [1.54, 1.807) is 19.1 Å². The van der Waals surface area contributed by atoms with Gasteiger partial charge in [-0.15, -0.1) is 0 Å². The summed E-state index contributed by atoms with van der Waals surface area (Å²) in [7, 11) is -3.33. The van der Waals surface area contributed by atoms with Gasteiger partial charge in [0.1, 0.15) is 0 Å². The molecule has 0 bridgehead atoms. The highest BCUT2D eigenvalue weighted by Crippen LogP contribution is 2.22. The van der Waals surface area contributed by atoms with Gasteiger partial charge in [0, 0.05) is 0 Å². The second-order valence-corrected chi connectivity index (χ2v) is 5.75. The molecular weight excluding hydrogens is 212 g/mol. The third-order valence-electron chi connectivity index (χ3n) is 2.70. The van der Waals surface area contributed by atoms with Crippen LogP contribution in [0.4, 0.5) is 0 Å². The van der Waals surface area contributed by atoms with Crippen molar-refractivity contribution >= 4 is 9.84 Å². The zero-order valence-electron chi connectivity index (χ0n) is 9.24. The van der Waals surface area contributed by atoms with E-state index in [1.165, 1.54) is 0 Å². The summed E-state index contributed by atoms with van der Waals surface area (Å²) in [4.78, 5) is 0.333. The van der Waals surface area contributed by atoms with Crippen LogP contribution in [0.25, 0.3) is 0 Å². The highest BCUT2D eigenvalue weighted by atomic mass is 32.2. The minimum Gasteiger partial charge on any atom is -0.395 e. The molecule has 0 saturated heterocycles. The molecule has 0 aromatic heterocycles. The summed E-state index contributed by atoms with van der Waals surface area (Å²) < 4.78 is 23.5. The van der Waals surface area contributed by atoms with E-state index in [0.717, 1.165) is 16.7 Å². The molecule has 1 aromatic rings. The summed E-state index contributed by atoms with van der Waals surface area (Å²) in [5.74, 6) is -0.212. The average Bonchev–Trinajstić information content (AvgIpc) is 2.13. The fourth-order valence-corrected chi connectivity index (χ4v) is 2.85. The molecular formula is C11H16O3S. The maximum absolute atomic E-state index is 11.8. The molecule has 0 radical (unpaired) electrons. The number of aliphatic hydroxyl groups excluding tert-OH is 1. The molecule has 1 N–H and O–H groups in total. The second kappa shape index (κ2) is 4.33. The Balaban J connectivity index is 3.34. The van der Waals surface area contributed by atoms with Crippen LogP contribution >= 0.6 is 0 Å². The van der Waals surface area contributed by atoms with Crippen LogP contribution in [0, 0.1) is 20.8 Å². The van der Waals surface area contributed by atoms with E-state index in [0.29, 0.717) is 4.90 Å². The molecule has 0 unspecified atom stereocenters. The van der Waals surface area contributed by atoms with E-state index < -0.39 is 9.84 Å². The predicted octanol–water partition coefficient (Wildman–Crippen LogP) is 1.38. The van der Waals surface area contributed by atoms with Crippen LogP contribution in [-0.2, 0) is 9.84 Å². The van der Waals surface area contributed by atoms with E-state index in [1.807, 2.05) is 13.8 Å². The Morgan fingerprint density at radius 3 is 2.27 bits per heavy atom. The molecule has 0 heterocycles. The molecule has 0 aliphatic heterocycles. The van der Waals surface area contributed by atoms with E-state index >= 15 is 0 Å². The Morgan fingerprint density at radius 2 is 1.73 bits per heavy atom. The topological polar surface area (TPSA) is 54.4 Å². The molecule has 0 saturated carbocycles. The number of benzene rings is 1. The number of aryl methyl sites for hydroxylation is 1. The fourth-order valence-electron chi connectivity index (χ4n) is 1.50. The largest absolute Gasteiger partial charge is 0.395 e. The van der Waals surface area contributed by atoms with Crippen molar-refractivity contribution in [1.29, 1.82) is 0 Å². The van der Waals surface area contributed by atoms with Gasteiger partial charge in [-0.25, -0.2) is 8.42 Å². The Labute approximate surface area is 90.7 Å². The van der Waals surface area contributed by atoms with Crippen LogP contribution in [0.5, 0.6) is 0 Å². The van der Waals surface area contributed by atoms with Crippen LogP contribution in [-0.4, -0.2) is 25.9 Å². The summed E-state index contributed by atoms with van der Waals surface area (Å²) in [5, 5.41) is 8.70. The van der Waals surface area contributed by atoms with E-state index in [4.69, 9.17) is 5.11 Å². The van der Waals surface area contributed by atoms with Gasteiger partial charge in [0.25, 0.3) is 0 Å². The first-order valence-electron chi connectivity index (χ1n) is 4.80. The molecule has 0 spiro atoms. The second-order valence-electron chi connectivity index (χ2n) is 3.67. The lowest BCUT2D eigenvalue weighted by atomic mass is 10.1. The van der Waals surface area contributed by atoms with E-state index in [2.05, 4.69) is 0 Å². The summed E-state index contributed by atoms with van der Waals surface area (Å²) in [5.41, 5.74) is 2.85. The quantitative estimate of drug-likeness (QED) is 0.850. The van der Waals surface area contributed by atoms with Crippen molar-refractivity contribution in [2.45, 2.75) is 25.7 Å². The van der Waals surface area contributed by atoms with Gasteiger partial charge < -0.3 is 5.11 Å². The van der Waals surface area contributed by atoms with Crippen LogP contribution in [0.1, 0.15) is 16.7 Å². The maximum Gasteiger partial charge on any atom is 0.180 e. The normalized spacial score (nSPS) is 11.7. The first-order valence-corrected chi connectivity index (χ1v) is 6.46. The SMILES string of the molecule is Cc1ccc(S(=O)(=O)CCO)c(C)c1C. The Hall–Kier alpha value is -0.870. The zero-order chi connectivity index (χ0) is 11.6. The van der Waals surface area contributed by atoms with Crippen molar-refractivity contribution in [1.82, 2.24) is 0 Å². The molecule has 3 nitrogen and oxygen atoms in total. The number of aliphatic hydroxyl groups is 1. The van der Waals surface area contributed by atoms with Gasteiger partial charge in [0.2, 0.25) is 0 Å². The lowest BCUT2D eigenvalue weighted by Crippen LogP contribution is -2.12. The molecule has 84 valence electrons. The third-order valence-corrected chi connectivity index (χ3v) is 4.54. The van der Waals surface area contributed by atoms with Crippen molar-refractivity contribution in [3.05, 3.63) is 28.8 Å². The van der Waals surface area contributed by atoms with Gasteiger partial charge in [-0.05, 0) is 43.5 Å². The Morgan fingerprint density at radius 1 is 1.13 bits per heavy atom. The van der Waals surface area contributed by atoms with Crippen LogP contribution in [0.3, 0.4) is 0 Å². The summed E-state index contributed by atoms with van der Waals surface area (Å²) in [6.45, 7) is 5.31. The Kier molecular flexibility index (Phi) is 3.52. The number of hydrogen-bond donors (Lipinski definition) is 1. The van der Waals surface area contributed by atoms with Crippen LogP contribution in [0.2, 0.25) is 0 Å².